The van der Waals surface area contributed by atoms with E-state index in [-0.39, 0.29) is 11.9 Å². The lowest BCUT2D eigenvalue weighted by Crippen LogP contribution is -2.09. The monoisotopic (exact) mass is 251 g/mol. The molecule has 1 N–H and O–H groups in total. The number of anilines is 1. The standard InChI is InChI=1S/C11H10ClN3O2/c1-2-9(16)13-11-15-14-10(17-11)7-3-5-8(12)6-4-7/h3-6H,2H2,1H3,(H,13,15,16). The van der Waals surface area contributed by atoms with Crippen LogP contribution in [0.3, 0.4) is 0 Å². The Labute approximate surface area is 103 Å². The van der Waals surface area contributed by atoms with Gasteiger partial charge in [0.2, 0.25) is 11.8 Å². The molecule has 5 nitrogen and oxygen atoms in total. The van der Waals surface area contributed by atoms with Gasteiger partial charge in [0.25, 0.3) is 0 Å². The molecule has 88 valence electrons. The SMILES string of the molecule is CCC(=O)Nc1nnc(-c2ccc(Cl)cc2)o1. The van der Waals surface area contributed by atoms with Gasteiger partial charge in [-0.3, -0.25) is 10.1 Å². The van der Waals surface area contributed by atoms with Crippen molar-refractivity contribution in [1.29, 1.82) is 0 Å². The molecule has 0 saturated carbocycles. The molecule has 0 radical (unpaired) electrons. The molecule has 0 aliphatic heterocycles. The number of halogens is 1. The molecule has 0 atom stereocenters. The fraction of sp³-hybridized carbons (Fsp3) is 0.182. The van der Waals surface area contributed by atoms with Crippen LogP contribution >= 0.6 is 11.6 Å². The molecule has 1 amide bonds. The Bertz CT molecular complexity index is 522. The molecular weight excluding hydrogens is 242 g/mol. The highest BCUT2D eigenvalue weighted by molar-refractivity contribution is 6.30. The first-order valence-corrected chi connectivity index (χ1v) is 5.46. The Kier molecular flexibility index (Phi) is 3.39. The molecule has 17 heavy (non-hydrogen) atoms. The molecule has 2 aromatic rings. The Hall–Kier alpha value is -1.88. The van der Waals surface area contributed by atoms with Gasteiger partial charge in [-0.2, -0.15) is 0 Å². The summed E-state index contributed by atoms with van der Waals surface area (Å²) in [6.07, 6.45) is 0.360. The fourth-order valence-corrected chi connectivity index (χ4v) is 1.32. The summed E-state index contributed by atoms with van der Waals surface area (Å²) in [7, 11) is 0. The Morgan fingerprint density at radius 1 is 1.35 bits per heavy atom. The third-order valence-electron chi connectivity index (χ3n) is 2.08. The lowest BCUT2D eigenvalue weighted by atomic mass is 10.2. The second-order valence-corrected chi connectivity index (χ2v) is 3.76. The minimum Gasteiger partial charge on any atom is -0.403 e. The Morgan fingerprint density at radius 3 is 2.71 bits per heavy atom. The maximum Gasteiger partial charge on any atom is 0.322 e. The van der Waals surface area contributed by atoms with Crippen LogP contribution in [0.15, 0.2) is 28.7 Å². The highest BCUT2D eigenvalue weighted by Gasteiger charge is 2.09. The van der Waals surface area contributed by atoms with E-state index in [1.807, 2.05) is 0 Å². The highest BCUT2D eigenvalue weighted by Crippen LogP contribution is 2.21. The lowest BCUT2D eigenvalue weighted by Gasteiger charge is -1.96. The summed E-state index contributed by atoms with van der Waals surface area (Å²) in [4.78, 5) is 11.1. The van der Waals surface area contributed by atoms with Crippen LogP contribution in [0.1, 0.15) is 13.3 Å². The van der Waals surface area contributed by atoms with Crippen molar-refractivity contribution in [2.75, 3.05) is 5.32 Å². The van der Waals surface area contributed by atoms with Crippen LogP contribution in [0.4, 0.5) is 6.01 Å². The van der Waals surface area contributed by atoms with Crippen LogP contribution in [0.2, 0.25) is 5.02 Å². The van der Waals surface area contributed by atoms with E-state index in [1.165, 1.54) is 0 Å². The molecule has 6 heteroatoms. The van der Waals surface area contributed by atoms with Crippen molar-refractivity contribution in [3.05, 3.63) is 29.3 Å². The zero-order chi connectivity index (χ0) is 12.3. The third-order valence-corrected chi connectivity index (χ3v) is 2.34. The first-order valence-electron chi connectivity index (χ1n) is 5.08. The van der Waals surface area contributed by atoms with Crippen LogP contribution in [0.5, 0.6) is 0 Å². The summed E-state index contributed by atoms with van der Waals surface area (Å²) in [6.45, 7) is 1.74. The number of benzene rings is 1. The van der Waals surface area contributed by atoms with Crippen molar-refractivity contribution in [3.8, 4) is 11.5 Å². The van der Waals surface area contributed by atoms with Crippen LogP contribution in [0.25, 0.3) is 11.5 Å². The highest BCUT2D eigenvalue weighted by atomic mass is 35.5. The van der Waals surface area contributed by atoms with E-state index in [0.29, 0.717) is 17.3 Å². The molecule has 1 aromatic heterocycles. The minimum absolute atomic E-state index is 0.0989. The van der Waals surface area contributed by atoms with Gasteiger partial charge in [0.05, 0.1) is 0 Å². The molecule has 0 aliphatic rings. The van der Waals surface area contributed by atoms with Gasteiger partial charge in [-0.15, -0.1) is 5.10 Å². The van der Waals surface area contributed by atoms with Crippen molar-refractivity contribution in [2.24, 2.45) is 0 Å². The number of nitrogens with zero attached hydrogens (tertiary/aromatic N) is 2. The third kappa shape index (κ3) is 2.82. The zero-order valence-electron chi connectivity index (χ0n) is 9.11. The van der Waals surface area contributed by atoms with E-state index in [0.717, 1.165) is 5.56 Å². The van der Waals surface area contributed by atoms with Gasteiger partial charge in [0.1, 0.15) is 0 Å². The number of nitrogens with one attached hydrogen (secondary N) is 1. The van der Waals surface area contributed by atoms with Crippen LogP contribution in [-0.4, -0.2) is 16.1 Å². The topological polar surface area (TPSA) is 68.0 Å². The van der Waals surface area contributed by atoms with E-state index in [9.17, 15) is 4.79 Å². The Morgan fingerprint density at radius 2 is 2.06 bits per heavy atom. The second kappa shape index (κ2) is 4.97. The number of aromatic nitrogens is 2. The first-order chi connectivity index (χ1) is 8.19. The van der Waals surface area contributed by atoms with E-state index in [2.05, 4.69) is 15.5 Å². The molecular formula is C11H10ClN3O2. The minimum atomic E-state index is -0.170. The van der Waals surface area contributed by atoms with Crippen LogP contribution in [0, 0.1) is 0 Å². The van der Waals surface area contributed by atoms with Crippen LogP contribution < -0.4 is 5.32 Å². The lowest BCUT2D eigenvalue weighted by molar-refractivity contribution is -0.116. The summed E-state index contributed by atoms with van der Waals surface area (Å²) in [6, 6.07) is 7.08. The largest absolute Gasteiger partial charge is 0.403 e. The quantitative estimate of drug-likeness (QED) is 0.911. The predicted octanol–water partition coefficient (Wildman–Crippen LogP) is 2.74. The van der Waals surface area contributed by atoms with Gasteiger partial charge in [0, 0.05) is 17.0 Å². The molecule has 0 aliphatic carbocycles. The summed E-state index contributed by atoms with van der Waals surface area (Å²) in [5, 5.41) is 10.7. The second-order valence-electron chi connectivity index (χ2n) is 3.32. The summed E-state index contributed by atoms with van der Waals surface area (Å²) >= 11 is 5.77. The van der Waals surface area contributed by atoms with E-state index < -0.39 is 0 Å². The van der Waals surface area contributed by atoms with Gasteiger partial charge >= 0.3 is 6.01 Å². The molecule has 0 saturated heterocycles. The van der Waals surface area contributed by atoms with Crippen LogP contribution in [-0.2, 0) is 4.79 Å². The average Bonchev–Trinajstić information content (AvgIpc) is 2.78. The van der Waals surface area contributed by atoms with Crippen molar-refractivity contribution < 1.29 is 9.21 Å². The first kappa shape index (κ1) is 11.6. The molecule has 0 spiro atoms. The molecule has 0 fully saturated rings. The van der Waals surface area contributed by atoms with Crippen molar-refractivity contribution in [2.45, 2.75) is 13.3 Å². The summed E-state index contributed by atoms with van der Waals surface area (Å²) in [5.74, 6) is 0.171. The van der Waals surface area contributed by atoms with Gasteiger partial charge < -0.3 is 4.42 Å². The summed E-state index contributed by atoms with van der Waals surface area (Å²) in [5.41, 5.74) is 0.749. The van der Waals surface area contributed by atoms with Crippen molar-refractivity contribution in [1.82, 2.24) is 10.2 Å². The number of carbonyl (C=O) groups excluding carboxylic acids is 1. The number of carbonyl (C=O) groups is 1. The van der Waals surface area contributed by atoms with E-state index in [1.54, 1.807) is 31.2 Å². The van der Waals surface area contributed by atoms with Gasteiger partial charge in [0.15, 0.2) is 0 Å². The molecule has 1 aromatic carbocycles. The number of rotatable bonds is 3. The summed E-state index contributed by atoms with van der Waals surface area (Å²) < 4.78 is 5.28. The van der Waals surface area contributed by atoms with Gasteiger partial charge in [-0.25, -0.2) is 0 Å². The van der Waals surface area contributed by atoms with E-state index >= 15 is 0 Å². The number of amides is 1. The molecule has 0 bridgehead atoms. The maximum atomic E-state index is 11.1. The number of hydrogen-bond donors (Lipinski definition) is 1. The zero-order valence-corrected chi connectivity index (χ0v) is 9.86. The normalized spacial score (nSPS) is 10.2. The number of hydrogen-bond acceptors (Lipinski definition) is 4. The van der Waals surface area contributed by atoms with E-state index in [4.69, 9.17) is 16.0 Å². The van der Waals surface area contributed by atoms with Crippen molar-refractivity contribution >= 4 is 23.5 Å². The Balaban J connectivity index is 2.18. The average molecular weight is 252 g/mol. The maximum absolute atomic E-state index is 11.1. The predicted molar refractivity (Wildman–Crippen MR) is 63.7 cm³/mol. The van der Waals surface area contributed by atoms with Gasteiger partial charge in [-0.1, -0.05) is 23.6 Å². The molecule has 1 heterocycles. The van der Waals surface area contributed by atoms with Crippen molar-refractivity contribution in [3.63, 3.8) is 0 Å². The molecule has 0 unspecified atom stereocenters. The smallest absolute Gasteiger partial charge is 0.322 e. The fourth-order valence-electron chi connectivity index (χ4n) is 1.19. The molecule has 2 rings (SSSR count). The van der Waals surface area contributed by atoms with Gasteiger partial charge in [-0.05, 0) is 24.3 Å².